The number of likely N-dealkylation sites (tertiary alicyclic amines) is 1. The third kappa shape index (κ3) is 7.00. The molecule has 174 valence electrons. The van der Waals surface area contributed by atoms with Crippen LogP contribution in [0.2, 0.25) is 15.1 Å². The Kier molecular flexibility index (Phi) is 9.27. The summed E-state index contributed by atoms with van der Waals surface area (Å²) in [6, 6.07) is 13.2. The lowest BCUT2D eigenvalue weighted by Gasteiger charge is -2.20. The zero-order valence-electron chi connectivity index (χ0n) is 19.1. The molecule has 2 aromatic carbocycles. The predicted molar refractivity (Wildman–Crippen MR) is 137 cm³/mol. The normalized spacial score (nSPS) is 17.2. The second-order valence-corrected chi connectivity index (χ2v) is 10.1. The highest BCUT2D eigenvalue weighted by atomic mass is 35.5. The summed E-state index contributed by atoms with van der Waals surface area (Å²) in [6.45, 7) is 5.67. The van der Waals surface area contributed by atoms with Crippen LogP contribution in [0.5, 0.6) is 0 Å². The van der Waals surface area contributed by atoms with Crippen molar-refractivity contribution in [2.24, 2.45) is 11.8 Å². The van der Waals surface area contributed by atoms with Crippen molar-refractivity contribution in [3.8, 4) is 6.07 Å². The highest BCUT2D eigenvalue weighted by Gasteiger charge is 2.28. The zero-order valence-corrected chi connectivity index (χ0v) is 21.4. The first-order valence-corrected chi connectivity index (χ1v) is 12.5. The van der Waals surface area contributed by atoms with Gasteiger partial charge in [-0.2, -0.15) is 5.26 Å². The van der Waals surface area contributed by atoms with E-state index in [2.05, 4.69) is 19.1 Å². The summed E-state index contributed by atoms with van der Waals surface area (Å²) >= 11 is 19.0. The number of halogens is 3. The van der Waals surface area contributed by atoms with Crippen LogP contribution in [0.25, 0.3) is 0 Å². The van der Waals surface area contributed by atoms with Gasteiger partial charge < -0.3 is 4.90 Å². The van der Waals surface area contributed by atoms with Gasteiger partial charge in [-0.15, -0.1) is 0 Å². The Balaban J connectivity index is 1.83. The summed E-state index contributed by atoms with van der Waals surface area (Å²) < 4.78 is 0. The van der Waals surface area contributed by atoms with Crippen LogP contribution in [0.4, 0.5) is 0 Å². The Morgan fingerprint density at radius 2 is 1.97 bits per heavy atom. The molecule has 3 nitrogen and oxygen atoms in total. The monoisotopic (exact) mass is 502 g/mol. The van der Waals surface area contributed by atoms with Crippen molar-refractivity contribution >= 4 is 40.7 Å². The number of carbonyl (C=O) groups excluding carboxylic acids is 1. The van der Waals surface area contributed by atoms with Gasteiger partial charge in [0.05, 0.1) is 10.6 Å². The Hall–Kier alpha value is -1.99. The van der Waals surface area contributed by atoms with Crippen molar-refractivity contribution in [1.29, 1.82) is 5.26 Å². The van der Waals surface area contributed by atoms with E-state index in [1.165, 1.54) is 5.57 Å². The van der Waals surface area contributed by atoms with Gasteiger partial charge in [-0.3, -0.25) is 4.79 Å². The quantitative estimate of drug-likeness (QED) is 0.350. The molecule has 2 atom stereocenters. The van der Waals surface area contributed by atoms with Crippen LogP contribution in [0.3, 0.4) is 0 Å². The number of benzene rings is 2. The lowest BCUT2D eigenvalue weighted by Crippen LogP contribution is -2.33. The number of nitriles is 1. The molecule has 33 heavy (non-hydrogen) atoms. The molecule has 0 saturated carbocycles. The summed E-state index contributed by atoms with van der Waals surface area (Å²) in [5.74, 6) is 0.624. The van der Waals surface area contributed by atoms with Crippen LogP contribution in [0.15, 0.2) is 48.0 Å². The minimum Gasteiger partial charge on any atom is -0.342 e. The number of hydrogen-bond donors (Lipinski definition) is 0. The number of rotatable bonds is 8. The highest BCUT2D eigenvalue weighted by Crippen LogP contribution is 2.28. The van der Waals surface area contributed by atoms with Crippen LogP contribution in [-0.4, -0.2) is 23.9 Å². The van der Waals surface area contributed by atoms with Gasteiger partial charge in [0.2, 0.25) is 5.91 Å². The molecule has 1 amide bonds. The molecule has 1 fully saturated rings. The first-order valence-electron chi connectivity index (χ1n) is 11.4. The molecule has 0 radical (unpaired) electrons. The fraction of sp³-hybridized carbons (Fsp3) is 0.407. The standard InChI is InChI=1S/C27H29Cl3N2O/c1-3-4-18(2)27(33)32-10-9-20(17-32)12-21(13-23-15-24(28)7-8-25(23)29)11-19-5-6-22(16-31)26(30)14-19/h5-8,12,14-15,18,20H,3-4,9-11,13,17H2,1-2H3/b21-12-/t18?,20-/m1/s1. The molecule has 2 aromatic rings. The Morgan fingerprint density at radius 3 is 2.67 bits per heavy atom. The Labute approximate surface area is 211 Å². The van der Waals surface area contributed by atoms with Crippen LogP contribution in [0, 0.1) is 23.2 Å². The third-order valence-corrected chi connectivity index (χ3v) is 7.08. The number of amides is 1. The van der Waals surface area contributed by atoms with E-state index in [1.807, 2.05) is 36.1 Å². The van der Waals surface area contributed by atoms with Crippen molar-refractivity contribution in [3.63, 3.8) is 0 Å². The van der Waals surface area contributed by atoms with Crippen LogP contribution in [0.1, 0.15) is 49.8 Å². The third-order valence-electron chi connectivity index (χ3n) is 6.16. The van der Waals surface area contributed by atoms with Crippen molar-refractivity contribution in [2.75, 3.05) is 13.1 Å². The van der Waals surface area contributed by atoms with E-state index >= 15 is 0 Å². The summed E-state index contributed by atoms with van der Waals surface area (Å²) in [5, 5.41) is 11.0. The highest BCUT2D eigenvalue weighted by molar-refractivity contribution is 6.33. The molecule has 0 aliphatic carbocycles. The smallest absolute Gasteiger partial charge is 0.225 e. The fourth-order valence-electron chi connectivity index (χ4n) is 4.45. The second-order valence-electron chi connectivity index (χ2n) is 8.86. The minimum absolute atomic E-state index is 0.0725. The van der Waals surface area contributed by atoms with Crippen molar-refractivity contribution < 1.29 is 4.79 Å². The lowest BCUT2D eigenvalue weighted by atomic mass is 9.94. The van der Waals surface area contributed by atoms with E-state index in [0.29, 0.717) is 39.4 Å². The predicted octanol–water partition coefficient (Wildman–Crippen LogP) is 7.51. The average molecular weight is 504 g/mol. The molecule has 1 aliphatic rings. The molecule has 1 saturated heterocycles. The summed E-state index contributed by atoms with van der Waals surface area (Å²) in [7, 11) is 0. The van der Waals surface area contributed by atoms with Gasteiger partial charge >= 0.3 is 0 Å². The van der Waals surface area contributed by atoms with Gasteiger partial charge in [-0.1, -0.05) is 72.8 Å². The topological polar surface area (TPSA) is 44.1 Å². The molecule has 1 aliphatic heterocycles. The van der Waals surface area contributed by atoms with Crippen LogP contribution in [-0.2, 0) is 17.6 Å². The minimum atomic E-state index is 0.0725. The SMILES string of the molecule is CCCC(C)C(=O)N1CC[C@H](/C=C(/Cc2ccc(C#N)c(Cl)c2)Cc2cc(Cl)ccc2Cl)C1. The molecular weight excluding hydrogens is 475 g/mol. The van der Waals surface area contributed by atoms with Gasteiger partial charge in [-0.25, -0.2) is 0 Å². The maximum atomic E-state index is 12.8. The largest absolute Gasteiger partial charge is 0.342 e. The second kappa shape index (κ2) is 11.9. The van der Waals surface area contributed by atoms with Gasteiger partial charge in [0.1, 0.15) is 6.07 Å². The molecule has 0 N–H and O–H groups in total. The summed E-state index contributed by atoms with van der Waals surface area (Å²) in [4.78, 5) is 14.8. The van der Waals surface area contributed by atoms with E-state index in [9.17, 15) is 4.79 Å². The van der Waals surface area contributed by atoms with Gasteiger partial charge in [0.15, 0.2) is 0 Å². The van der Waals surface area contributed by atoms with Crippen molar-refractivity contribution in [2.45, 2.75) is 46.0 Å². The lowest BCUT2D eigenvalue weighted by molar-refractivity contribution is -0.134. The van der Waals surface area contributed by atoms with E-state index < -0.39 is 0 Å². The van der Waals surface area contributed by atoms with Crippen LogP contribution < -0.4 is 0 Å². The first kappa shape index (κ1) is 25.6. The van der Waals surface area contributed by atoms with Crippen molar-refractivity contribution in [1.82, 2.24) is 4.90 Å². The molecule has 6 heteroatoms. The molecule has 0 aromatic heterocycles. The molecule has 1 heterocycles. The van der Waals surface area contributed by atoms with Gasteiger partial charge in [-0.05, 0) is 73.1 Å². The zero-order chi connectivity index (χ0) is 24.0. The van der Waals surface area contributed by atoms with E-state index in [1.54, 1.807) is 12.1 Å². The maximum absolute atomic E-state index is 12.8. The molecule has 3 rings (SSSR count). The first-order chi connectivity index (χ1) is 15.8. The van der Waals surface area contributed by atoms with E-state index in [-0.39, 0.29) is 11.8 Å². The number of allylic oxidation sites excluding steroid dienone is 1. The van der Waals surface area contributed by atoms with Gasteiger partial charge in [0, 0.05) is 29.1 Å². The molecular formula is C27H29Cl3N2O. The average Bonchev–Trinajstić information content (AvgIpc) is 3.24. The molecule has 1 unspecified atom stereocenters. The molecule has 0 spiro atoms. The van der Waals surface area contributed by atoms with Crippen molar-refractivity contribution in [3.05, 3.63) is 79.8 Å². The van der Waals surface area contributed by atoms with Gasteiger partial charge in [0.25, 0.3) is 0 Å². The number of carbonyl (C=O) groups is 1. The molecule has 0 bridgehead atoms. The fourth-order valence-corrected chi connectivity index (χ4v) is 5.07. The Bertz CT molecular complexity index is 1070. The maximum Gasteiger partial charge on any atom is 0.225 e. The number of nitrogens with zero attached hydrogens (tertiary/aromatic N) is 2. The van der Waals surface area contributed by atoms with Crippen LogP contribution >= 0.6 is 34.8 Å². The Morgan fingerprint density at radius 1 is 1.18 bits per heavy atom. The number of hydrogen-bond acceptors (Lipinski definition) is 2. The van der Waals surface area contributed by atoms with E-state index in [0.717, 1.165) is 43.5 Å². The van der Waals surface area contributed by atoms with E-state index in [4.69, 9.17) is 40.1 Å². The summed E-state index contributed by atoms with van der Waals surface area (Å²) in [6.07, 6.45) is 6.53. The summed E-state index contributed by atoms with van der Waals surface area (Å²) in [5.41, 5.74) is 3.67.